The Morgan fingerprint density at radius 3 is 2.61 bits per heavy atom. The number of benzene rings is 1. The molecule has 0 bridgehead atoms. The average Bonchev–Trinajstić information content (AvgIpc) is 2.71. The molecule has 0 atom stereocenters. The molecule has 2 aromatic rings. The van der Waals surface area contributed by atoms with E-state index in [-0.39, 0.29) is 34.9 Å². The van der Waals surface area contributed by atoms with Gasteiger partial charge < -0.3 is 14.5 Å². The third-order valence-electron chi connectivity index (χ3n) is 5.12. The number of amides is 1. The molecule has 1 amide bonds. The lowest BCUT2D eigenvalue weighted by Crippen LogP contribution is -2.46. The van der Waals surface area contributed by atoms with Crippen molar-refractivity contribution >= 4 is 23.2 Å². The molecule has 7 nitrogen and oxygen atoms in total. The molecular weight excluding hydrogens is 437 g/mol. The van der Waals surface area contributed by atoms with E-state index in [1.807, 2.05) is 0 Å². The van der Waals surface area contributed by atoms with E-state index in [1.54, 1.807) is 22.9 Å². The molecule has 31 heavy (non-hydrogen) atoms. The predicted octanol–water partition coefficient (Wildman–Crippen LogP) is 2.96. The molecule has 0 unspecified atom stereocenters. The summed E-state index contributed by atoms with van der Waals surface area (Å²) in [6.45, 7) is 0.800. The summed E-state index contributed by atoms with van der Waals surface area (Å²) in [5.41, 5.74) is -0.768. The average molecular weight is 459 g/mol. The fourth-order valence-corrected chi connectivity index (χ4v) is 3.51. The molecule has 1 aromatic heterocycles. The van der Waals surface area contributed by atoms with E-state index >= 15 is 0 Å². The summed E-state index contributed by atoms with van der Waals surface area (Å²) >= 11 is 5.99. The fourth-order valence-electron chi connectivity index (χ4n) is 3.34. The number of hydrogen-bond donors (Lipinski definition) is 0. The molecule has 1 saturated heterocycles. The van der Waals surface area contributed by atoms with Crippen LogP contribution in [-0.2, 0) is 18.0 Å². The van der Waals surface area contributed by atoms with Crippen LogP contribution in [0.2, 0.25) is 5.02 Å². The second kappa shape index (κ2) is 9.17. The number of anilines is 1. The van der Waals surface area contributed by atoms with Crippen molar-refractivity contribution in [3.8, 4) is 5.75 Å². The molecule has 2 heterocycles. The Morgan fingerprint density at radius 2 is 1.97 bits per heavy atom. The quantitative estimate of drug-likeness (QED) is 0.689. The molecule has 168 valence electrons. The van der Waals surface area contributed by atoms with E-state index in [0.29, 0.717) is 31.6 Å². The zero-order valence-corrected chi connectivity index (χ0v) is 17.8. The van der Waals surface area contributed by atoms with Gasteiger partial charge in [0.05, 0.1) is 17.1 Å². The number of carbonyl (C=O) groups is 1. The summed E-state index contributed by atoms with van der Waals surface area (Å²) < 4.78 is 45.7. The normalized spacial score (nSPS) is 15.1. The molecular formula is C20H22ClF3N4O3. The number of likely N-dealkylation sites (tertiary alicyclic amines) is 1. The van der Waals surface area contributed by atoms with Crippen molar-refractivity contribution in [2.75, 3.05) is 31.6 Å². The van der Waals surface area contributed by atoms with E-state index < -0.39 is 11.7 Å². The van der Waals surface area contributed by atoms with E-state index in [1.165, 1.54) is 17.9 Å². The Kier molecular flexibility index (Phi) is 6.78. The number of aryl methyl sites for hydroxylation is 1. The van der Waals surface area contributed by atoms with Gasteiger partial charge in [-0.05, 0) is 24.3 Å². The van der Waals surface area contributed by atoms with Gasteiger partial charge in [0.2, 0.25) is 5.91 Å². The van der Waals surface area contributed by atoms with Crippen LogP contribution in [0.3, 0.4) is 0 Å². The van der Waals surface area contributed by atoms with E-state index in [9.17, 15) is 22.8 Å². The molecule has 11 heteroatoms. The van der Waals surface area contributed by atoms with Crippen molar-refractivity contribution in [2.45, 2.75) is 25.1 Å². The molecule has 0 radical (unpaired) electrons. The molecule has 0 aliphatic carbocycles. The van der Waals surface area contributed by atoms with Gasteiger partial charge in [0.25, 0.3) is 5.56 Å². The van der Waals surface area contributed by atoms with Crippen LogP contribution in [0.4, 0.5) is 18.9 Å². The smallest absolute Gasteiger partial charge is 0.416 e. The maximum absolute atomic E-state index is 12.9. The Morgan fingerprint density at radius 1 is 1.29 bits per heavy atom. The minimum absolute atomic E-state index is 0.0181. The lowest BCUT2D eigenvalue weighted by Gasteiger charge is -2.33. The molecule has 1 aliphatic heterocycles. The van der Waals surface area contributed by atoms with Gasteiger partial charge in [0.1, 0.15) is 17.5 Å². The topological polar surface area (TPSA) is 67.7 Å². The van der Waals surface area contributed by atoms with Crippen LogP contribution in [0, 0.1) is 0 Å². The minimum Gasteiger partial charge on any atom is -0.489 e. The van der Waals surface area contributed by atoms with Gasteiger partial charge in [-0.1, -0.05) is 11.6 Å². The first-order chi connectivity index (χ1) is 14.6. The number of nitrogens with zero attached hydrogens (tertiary/aromatic N) is 4. The van der Waals surface area contributed by atoms with E-state index in [4.69, 9.17) is 16.3 Å². The van der Waals surface area contributed by atoms with Crippen LogP contribution >= 0.6 is 11.6 Å². The lowest BCUT2D eigenvalue weighted by molar-refractivity contribution is -0.138. The number of hydrogen-bond acceptors (Lipinski definition) is 5. The first kappa shape index (κ1) is 22.9. The van der Waals surface area contributed by atoms with Crippen molar-refractivity contribution in [1.29, 1.82) is 0 Å². The predicted molar refractivity (Wildman–Crippen MR) is 109 cm³/mol. The maximum atomic E-state index is 12.9. The highest BCUT2D eigenvalue weighted by molar-refractivity contribution is 6.32. The molecule has 1 fully saturated rings. The number of rotatable bonds is 5. The number of carbonyl (C=O) groups excluding carboxylic acids is 1. The van der Waals surface area contributed by atoms with Gasteiger partial charge >= 0.3 is 6.18 Å². The minimum atomic E-state index is -4.49. The van der Waals surface area contributed by atoms with Gasteiger partial charge in [-0.3, -0.25) is 9.59 Å². The first-order valence-electron chi connectivity index (χ1n) is 9.61. The van der Waals surface area contributed by atoms with Gasteiger partial charge in [-0.2, -0.15) is 18.3 Å². The number of alkyl halides is 3. The van der Waals surface area contributed by atoms with Crippen LogP contribution in [0.1, 0.15) is 18.4 Å². The van der Waals surface area contributed by atoms with E-state index in [2.05, 4.69) is 5.10 Å². The lowest BCUT2D eigenvalue weighted by atomic mass is 10.1. The third-order valence-corrected chi connectivity index (χ3v) is 5.43. The third kappa shape index (κ3) is 5.49. The number of ether oxygens (including phenoxy) is 1. The van der Waals surface area contributed by atoms with Crippen LogP contribution in [-0.4, -0.2) is 53.4 Å². The summed E-state index contributed by atoms with van der Waals surface area (Å²) in [6, 6.07) is 4.51. The summed E-state index contributed by atoms with van der Waals surface area (Å²) in [7, 11) is 3.18. The molecule has 0 N–H and O–H groups in total. The number of piperidine rings is 1. The Bertz CT molecular complexity index is 1000. The van der Waals surface area contributed by atoms with Gasteiger partial charge in [0, 0.05) is 46.2 Å². The van der Waals surface area contributed by atoms with Gasteiger partial charge in [0.15, 0.2) is 0 Å². The molecule has 3 rings (SSSR count). The van der Waals surface area contributed by atoms with Gasteiger partial charge in [-0.25, -0.2) is 4.68 Å². The largest absolute Gasteiger partial charge is 0.489 e. The zero-order valence-electron chi connectivity index (χ0n) is 17.0. The number of halogens is 4. The van der Waals surface area contributed by atoms with Crippen LogP contribution in [0.25, 0.3) is 0 Å². The Hall–Kier alpha value is -2.75. The van der Waals surface area contributed by atoms with Crippen molar-refractivity contribution in [2.24, 2.45) is 7.05 Å². The SMILES string of the molecule is CN(CC(=O)N1CCC(Oc2cc(C(F)(F)F)ccc2Cl)CC1)c1ccnn(C)c1=O. The standard InChI is InChI=1S/C20H22ClF3N4O3/c1-26(16-5-8-25-27(2)19(16)30)12-18(29)28-9-6-14(7-10-28)31-17-11-13(20(22,23)24)3-4-15(17)21/h3-5,8,11,14H,6-7,9-10,12H2,1-2H3. The van der Waals surface area contributed by atoms with Crippen molar-refractivity contribution in [1.82, 2.24) is 14.7 Å². The first-order valence-corrected chi connectivity index (χ1v) is 9.98. The van der Waals surface area contributed by atoms with E-state index in [0.717, 1.165) is 18.2 Å². The summed E-state index contributed by atoms with van der Waals surface area (Å²) in [5.74, 6) is -0.175. The van der Waals surface area contributed by atoms with Crippen molar-refractivity contribution < 1.29 is 22.7 Å². The van der Waals surface area contributed by atoms with Crippen LogP contribution in [0.15, 0.2) is 35.3 Å². The highest BCUT2D eigenvalue weighted by Gasteiger charge is 2.32. The van der Waals surface area contributed by atoms with Crippen LogP contribution < -0.4 is 15.2 Å². The molecule has 1 aliphatic rings. The summed E-state index contributed by atoms with van der Waals surface area (Å²) in [4.78, 5) is 28.0. The van der Waals surface area contributed by atoms with Gasteiger partial charge in [-0.15, -0.1) is 0 Å². The second-order valence-corrected chi connectivity index (χ2v) is 7.75. The summed E-state index contributed by atoms with van der Waals surface area (Å²) in [5, 5.41) is 3.96. The van der Waals surface area contributed by atoms with Crippen molar-refractivity contribution in [3.05, 3.63) is 51.4 Å². The fraction of sp³-hybridized carbons (Fsp3) is 0.450. The zero-order chi connectivity index (χ0) is 22.8. The van der Waals surface area contributed by atoms with Crippen LogP contribution in [0.5, 0.6) is 5.75 Å². The highest BCUT2D eigenvalue weighted by Crippen LogP contribution is 2.36. The Balaban J connectivity index is 1.57. The molecule has 0 saturated carbocycles. The second-order valence-electron chi connectivity index (χ2n) is 7.34. The Labute approximate surface area is 182 Å². The maximum Gasteiger partial charge on any atom is 0.416 e. The summed E-state index contributed by atoms with van der Waals surface area (Å²) in [6.07, 6.45) is -2.44. The molecule has 0 spiro atoms. The monoisotopic (exact) mass is 458 g/mol. The number of aromatic nitrogens is 2. The highest BCUT2D eigenvalue weighted by atomic mass is 35.5. The number of likely N-dealkylation sites (N-methyl/N-ethyl adjacent to an activating group) is 1. The molecule has 1 aromatic carbocycles. The van der Waals surface area contributed by atoms with Crippen molar-refractivity contribution in [3.63, 3.8) is 0 Å².